The lowest BCUT2D eigenvalue weighted by Gasteiger charge is -2.07. The number of halogens is 1. The number of hydrogen-bond donors (Lipinski definition) is 0. The number of ether oxygens (including phenoxy) is 1. The third-order valence-electron chi connectivity index (χ3n) is 3.32. The highest BCUT2D eigenvalue weighted by Crippen LogP contribution is 2.22. The lowest BCUT2D eigenvalue weighted by Crippen LogP contribution is -2.05. The predicted molar refractivity (Wildman–Crippen MR) is 76.2 cm³/mol. The number of pyridine rings is 1. The summed E-state index contributed by atoms with van der Waals surface area (Å²) in [6.45, 7) is 0. The Labute approximate surface area is 120 Å². The molecule has 0 radical (unpaired) electrons. The Hall–Kier alpha value is -2.69. The van der Waals surface area contributed by atoms with Gasteiger partial charge in [-0.2, -0.15) is 5.10 Å². The van der Waals surface area contributed by atoms with Crippen LogP contribution in [-0.4, -0.2) is 22.5 Å². The minimum atomic E-state index is -0.390. The number of rotatable bonds is 4. The second kappa shape index (κ2) is 5.36. The van der Waals surface area contributed by atoms with Gasteiger partial charge >= 0.3 is 0 Å². The molecule has 0 bridgehead atoms. The molecule has 4 nitrogen and oxygen atoms in total. The molecule has 3 rings (SSSR count). The molecule has 0 aliphatic carbocycles. The molecule has 0 amide bonds. The molecule has 2 heterocycles. The topological polar surface area (TPSA) is 43.6 Å². The molecule has 2 aromatic heterocycles. The molecule has 21 heavy (non-hydrogen) atoms. The number of ketones is 1. The fourth-order valence-electron chi connectivity index (χ4n) is 2.30. The van der Waals surface area contributed by atoms with Gasteiger partial charge in [-0.05, 0) is 30.3 Å². The lowest BCUT2D eigenvalue weighted by molar-refractivity contribution is 0.0993. The van der Waals surface area contributed by atoms with Crippen LogP contribution < -0.4 is 4.74 Å². The fourth-order valence-corrected chi connectivity index (χ4v) is 2.30. The van der Waals surface area contributed by atoms with E-state index >= 15 is 0 Å². The van der Waals surface area contributed by atoms with Gasteiger partial charge in [-0.3, -0.25) is 4.79 Å². The van der Waals surface area contributed by atoms with E-state index in [1.54, 1.807) is 10.7 Å². The second-order valence-corrected chi connectivity index (χ2v) is 4.64. The monoisotopic (exact) mass is 284 g/mol. The van der Waals surface area contributed by atoms with E-state index in [1.165, 1.54) is 31.5 Å². The summed E-state index contributed by atoms with van der Waals surface area (Å²) in [5.74, 6) is -0.0141. The molecule has 0 N–H and O–H groups in total. The number of carbonyl (C=O) groups is 1. The molecule has 0 atom stereocenters. The highest BCUT2D eigenvalue weighted by Gasteiger charge is 2.15. The first-order valence-corrected chi connectivity index (χ1v) is 6.47. The summed E-state index contributed by atoms with van der Waals surface area (Å²) in [5.41, 5.74) is 1.78. The maximum absolute atomic E-state index is 13.3. The largest absolute Gasteiger partial charge is 0.496 e. The van der Waals surface area contributed by atoms with E-state index in [2.05, 4.69) is 5.10 Å². The van der Waals surface area contributed by atoms with Gasteiger partial charge in [-0.15, -0.1) is 0 Å². The SMILES string of the molecule is COc1ccc(F)cc1CC(=O)c1cnn2ccccc12. The molecule has 0 aliphatic heterocycles. The second-order valence-electron chi connectivity index (χ2n) is 4.64. The first kappa shape index (κ1) is 13.3. The molecule has 0 saturated heterocycles. The van der Waals surface area contributed by atoms with Crippen LogP contribution in [0.5, 0.6) is 5.75 Å². The minimum Gasteiger partial charge on any atom is -0.496 e. The number of fused-ring (bicyclic) bond motifs is 1. The Balaban J connectivity index is 1.95. The van der Waals surface area contributed by atoms with Gasteiger partial charge in [0, 0.05) is 18.2 Å². The zero-order valence-corrected chi connectivity index (χ0v) is 11.4. The third-order valence-corrected chi connectivity index (χ3v) is 3.32. The van der Waals surface area contributed by atoms with Gasteiger partial charge in [0.1, 0.15) is 11.6 Å². The van der Waals surface area contributed by atoms with E-state index in [0.717, 1.165) is 5.52 Å². The zero-order valence-electron chi connectivity index (χ0n) is 11.4. The van der Waals surface area contributed by atoms with Crippen molar-refractivity contribution in [2.45, 2.75) is 6.42 Å². The van der Waals surface area contributed by atoms with E-state index in [0.29, 0.717) is 16.9 Å². The molecule has 5 heteroatoms. The van der Waals surface area contributed by atoms with Crippen LogP contribution >= 0.6 is 0 Å². The number of methoxy groups -OCH3 is 1. The number of Topliss-reactive ketones (excluding diaryl/α,β-unsaturated/α-hetero) is 1. The van der Waals surface area contributed by atoms with Gasteiger partial charge in [-0.1, -0.05) is 6.07 Å². The fraction of sp³-hybridized carbons (Fsp3) is 0.125. The number of aromatic nitrogens is 2. The molecule has 0 spiro atoms. The van der Waals surface area contributed by atoms with Crippen LogP contribution in [0.4, 0.5) is 4.39 Å². The molecular formula is C16H13FN2O2. The minimum absolute atomic E-state index is 0.0666. The van der Waals surface area contributed by atoms with E-state index in [4.69, 9.17) is 4.74 Å². The van der Waals surface area contributed by atoms with E-state index < -0.39 is 5.82 Å². The van der Waals surface area contributed by atoms with Gasteiger partial charge in [-0.25, -0.2) is 8.91 Å². The van der Waals surface area contributed by atoms with Crippen molar-refractivity contribution in [1.29, 1.82) is 0 Å². The van der Waals surface area contributed by atoms with Crippen molar-refractivity contribution in [3.05, 3.63) is 65.7 Å². The number of hydrogen-bond acceptors (Lipinski definition) is 3. The molecule has 1 aromatic carbocycles. The van der Waals surface area contributed by atoms with Crippen molar-refractivity contribution in [2.24, 2.45) is 0 Å². The summed E-state index contributed by atoms with van der Waals surface area (Å²) in [6.07, 6.45) is 3.37. The molecule has 0 saturated carbocycles. The van der Waals surface area contributed by atoms with E-state index in [-0.39, 0.29) is 12.2 Å². The average Bonchev–Trinajstić information content (AvgIpc) is 2.91. The first-order valence-electron chi connectivity index (χ1n) is 6.47. The Kier molecular flexibility index (Phi) is 3.39. The van der Waals surface area contributed by atoms with Crippen LogP contribution in [0.25, 0.3) is 5.52 Å². The van der Waals surface area contributed by atoms with Crippen LogP contribution in [-0.2, 0) is 6.42 Å². The van der Waals surface area contributed by atoms with Crippen molar-refractivity contribution in [1.82, 2.24) is 9.61 Å². The third kappa shape index (κ3) is 2.50. The predicted octanol–water partition coefficient (Wildman–Crippen LogP) is 2.91. The Morgan fingerprint density at radius 2 is 2.19 bits per heavy atom. The van der Waals surface area contributed by atoms with Gasteiger partial charge in [0.25, 0.3) is 0 Å². The lowest BCUT2D eigenvalue weighted by atomic mass is 10.0. The summed E-state index contributed by atoms with van der Waals surface area (Å²) in [5, 5.41) is 4.13. The van der Waals surface area contributed by atoms with Gasteiger partial charge in [0.15, 0.2) is 5.78 Å². The highest BCUT2D eigenvalue weighted by molar-refractivity contribution is 6.03. The maximum Gasteiger partial charge on any atom is 0.171 e. The number of nitrogens with zero attached hydrogens (tertiary/aromatic N) is 2. The van der Waals surface area contributed by atoms with Crippen LogP contribution in [0, 0.1) is 5.82 Å². The van der Waals surface area contributed by atoms with Crippen molar-refractivity contribution >= 4 is 11.3 Å². The molecular weight excluding hydrogens is 271 g/mol. The Morgan fingerprint density at radius 3 is 3.00 bits per heavy atom. The smallest absolute Gasteiger partial charge is 0.171 e. The van der Waals surface area contributed by atoms with Crippen LogP contribution in [0.2, 0.25) is 0 Å². The quantitative estimate of drug-likeness (QED) is 0.692. The molecule has 0 unspecified atom stereocenters. The van der Waals surface area contributed by atoms with Crippen molar-refractivity contribution in [2.75, 3.05) is 7.11 Å². The van der Waals surface area contributed by atoms with Gasteiger partial charge in [0.2, 0.25) is 0 Å². The van der Waals surface area contributed by atoms with Crippen molar-refractivity contribution in [3.63, 3.8) is 0 Å². The van der Waals surface area contributed by atoms with Gasteiger partial charge in [0.05, 0.1) is 24.4 Å². The van der Waals surface area contributed by atoms with Crippen molar-refractivity contribution in [3.8, 4) is 5.75 Å². The maximum atomic E-state index is 13.3. The molecule has 106 valence electrons. The van der Waals surface area contributed by atoms with E-state index in [9.17, 15) is 9.18 Å². The first-order chi connectivity index (χ1) is 10.2. The standard InChI is InChI=1S/C16H13FN2O2/c1-21-16-6-5-12(17)8-11(16)9-15(20)13-10-18-19-7-3-2-4-14(13)19/h2-8,10H,9H2,1H3. The summed E-state index contributed by atoms with van der Waals surface area (Å²) in [4.78, 5) is 12.4. The van der Waals surface area contributed by atoms with Crippen molar-refractivity contribution < 1.29 is 13.9 Å². The molecule has 3 aromatic rings. The zero-order chi connectivity index (χ0) is 14.8. The average molecular weight is 284 g/mol. The molecule has 0 fully saturated rings. The normalized spacial score (nSPS) is 10.8. The molecule has 0 aliphatic rings. The highest BCUT2D eigenvalue weighted by atomic mass is 19.1. The number of benzene rings is 1. The Bertz CT molecular complexity index is 811. The van der Waals surface area contributed by atoms with Crippen LogP contribution in [0.15, 0.2) is 48.8 Å². The van der Waals surface area contributed by atoms with Gasteiger partial charge < -0.3 is 4.74 Å². The van der Waals surface area contributed by atoms with Crippen LogP contribution in [0.1, 0.15) is 15.9 Å². The summed E-state index contributed by atoms with van der Waals surface area (Å²) in [7, 11) is 1.50. The van der Waals surface area contributed by atoms with E-state index in [1.807, 2.05) is 18.2 Å². The summed E-state index contributed by atoms with van der Waals surface area (Å²) >= 11 is 0. The summed E-state index contributed by atoms with van der Waals surface area (Å²) < 4.78 is 20.1. The number of carbonyl (C=O) groups excluding carboxylic acids is 1. The van der Waals surface area contributed by atoms with Crippen LogP contribution in [0.3, 0.4) is 0 Å². The Morgan fingerprint density at radius 1 is 1.33 bits per heavy atom. The summed E-state index contributed by atoms with van der Waals surface area (Å²) in [6, 6.07) is 9.65.